The summed E-state index contributed by atoms with van der Waals surface area (Å²) >= 11 is 9.54. The van der Waals surface area contributed by atoms with Crippen molar-refractivity contribution in [1.29, 1.82) is 0 Å². The Morgan fingerprint density at radius 2 is 1.95 bits per heavy atom. The number of nitrogens with two attached hydrogens (primary N) is 1. The SMILES string of the molecule is Cc1cccc(-c2c(-c3ccc(Br)c(Cl)c3)noc2N)c1. The van der Waals surface area contributed by atoms with Crippen LogP contribution in [0.15, 0.2) is 51.5 Å². The Morgan fingerprint density at radius 3 is 2.67 bits per heavy atom. The van der Waals surface area contributed by atoms with Gasteiger partial charge in [0.25, 0.3) is 0 Å². The van der Waals surface area contributed by atoms with E-state index in [1.54, 1.807) is 0 Å². The normalized spacial score (nSPS) is 10.8. The van der Waals surface area contributed by atoms with E-state index >= 15 is 0 Å². The highest BCUT2D eigenvalue weighted by Gasteiger charge is 2.18. The number of benzene rings is 2. The molecule has 0 saturated heterocycles. The zero-order chi connectivity index (χ0) is 15.0. The summed E-state index contributed by atoms with van der Waals surface area (Å²) in [6, 6.07) is 13.7. The molecule has 0 unspecified atom stereocenters. The number of nitrogens with zero attached hydrogens (tertiary/aromatic N) is 1. The lowest BCUT2D eigenvalue weighted by Crippen LogP contribution is -1.88. The van der Waals surface area contributed by atoms with Gasteiger partial charge in [0.2, 0.25) is 5.88 Å². The molecule has 0 radical (unpaired) electrons. The molecule has 0 bridgehead atoms. The van der Waals surface area contributed by atoms with E-state index in [-0.39, 0.29) is 0 Å². The zero-order valence-electron chi connectivity index (χ0n) is 11.2. The number of aromatic nitrogens is 1. The van der Waals surface area contributed by atoms with Gasteiger partial charge in [-0.3, -0.25) is 0 Å². The molecule has 0 saturated carbocycles. The lowest BCUT2D eigenvalue weighted by atomic mass is 10.00. The number of nitrogen functional groups attached to an aromatic ring is 1. The quantitative estimate of drug-likeness (QED) is 0.671. The first kappa shape index (κ1) is 14.2. The summed E-state index contributed by atoms with van der Waals surface area (Å²) in [5.41, 5.74) is 10.4. The number of hydrogen-bond acceptors (Lipinski definition) is 3. The van der Waals surface area contributed by atoms with Crippen LogP contribution in [0.1, 0.15) is 5.56 Å². The van der Waals surface area contributed by atoms with E-state index in [4.69, 9.17) is 21.9 Å². The number of anilines is 1. The third-order valence-corrected chi connectivity index (χ3v) is 4.45. The Bertz CT molecular complexity index is 814. The molecule has 3 aromatic rings. The van der Waals surface area contributed by atoms with Gasteiger partial charge >= 0.3 is 0 Å². The molecule has 3 nitrogen and oxygen atoms in total. The van der Waals surface area contributed by atoms with Crippen molar-refractivity contribution in [3.8, 4) is 22.4 Å². The third kappa shape index (κ3) is 2.69. The Labute approximate surface area is 135 Å². The minimum atomic E-state index is 0.301. The fourth-order valence-corrected chi connectivity index (χ4v) is 2.65. The number of hydrogen-bond donors (Lipinski definition) is 1. The summed E-state index contributed by atoms with van der Waals surface area (Å²) < 4.78 is 6.02. The summed E-state index contributed by atoms with van der Waals surface area (Å²) in [6.45, 7) is 2.03. The molecule has 2 N–H and O–H groups in total. The van der Waals surface area contributed by atoms with E-state index in [9.17, 15) is 0 Å². The fourth-order valence-electron chi connectivity index (χ4n) is 2.22. The Morgan fingerprint density at radius 1 is 1.14 bits per heavy atom. The lowest BCUT2D eigenvalue weighted by molar-refractivity contribution is 0.439. The first-order chi connectivity index (χ1) is 10.1. The monoisotopic (exact) mass is 362 g/mol. The van der Waals surface area contributed by atoms with Crippen LogP contribution in [0.4, 0.5) is 5.88 Å². The minimum absolute atomic E-state index is 0.301. The molecule has 3 rings (SSSR count). The number of halogens is 2. The van der Waals surface area contributed by atoms with Gasteiger partial charge < -0.3 is 10.3 Å². The molecule has 21 heavy (non-hydrogen) atoms. The van der Waals surface area contributed by atoms with Gasteiger partial charge in [0.1, 0.15) is 5.69 Å². The maximum Gasteiger partial charge on any atom is 0.230 e. The van der Waals surface area contributed by atoms with Crippen LogP contribution in [0.3, 0.4) is 0 Å². The molecular formula is C16H12BrClN2O. The molecule has 0 atom stereocenters. The third-order valence-electron chi connectivity index (χ3n) is 3.22. The Kier molecular flexibility index (Phi) is 3.74. The van der Waals surface area contributed by atoms with Crippen LogP contribution >= 0.6 is 27.5 Å². The van der Waals surface area contributed by atoms with Crippen LogP contribution in [-0.4, -0.2) is 5.16 Å². The highest BCUT2D eigenvalue weighted by Crippen LogP contribution is 2.38. The van der Waals surface area contributed by atoms with Crippen LogP contribution in [0.2, 0.25) is 5.02 Å². The largest absolute Gasteiger partial charge is 0.367 e. The van der Waals surface area contributed by atoms with Crippen molar-refractivity contribution >= 4 is 33.4 Å². The predicted octanol–water partition coefficient (Wildman–Crippen LogP) is 5.32. The summed E-state index contributed by atoms with van der Waals surface area (Å²) in [6.07, 6.45) is 0. The van der Waals surface area contributed by atoms with Crippen molar-refractivity contribution in [2.75, 3.05) is 5.73 Å². The molecular weight excluding hydrogens is 352 g/mol. The van der Waals surface area contributed by atoms with Crippen molar-refractivity contribution in [3.63, 3.8) is 0 Å². The molecule has 1 aromatic heterocycles. The second-order valence-electron chi connectivity index (χ2n) is 4.77. The molecule has 0 spiro atoms. The molecule has 0 aliphatic rings. The summed E-state index contributed by atoms with van der Waals surface area (Å²) in [7, 11) is 0. The van der Waals surface area contributed by atoms with E-state index in [0.717, 1.165) is 26.7 Å². The highest BCUT2D eigenvalue weighted by atomic mass is 79.9. The average Bonchev–Trinajstić information content (AvgIpc) is 2.84. The van der Waals surface area contributed by atoms with E-state index < -0.39 is 0 Å². The van der Waals surface area contributed by atoms with Crippen LogP contribution in [0.25, 0.3) is 22.4 Å². The first-order valence-electron chi connectivity index (χ1n) is 6.34. The Balaban J connectivity index is 2.19. The number of rotatable bonds is 2. The van der Waals surface area contributed by atoms with Crippen molar-refractivity contribution in [2.24, 2.45) is 0 Å². The van der Waals surface area contributed by atoms with E-state index in [0.29, 0.717) is 16.6 Å². The summed E-state index contributed by atoms with van der Waals surface area (Å²) in [4.78, 5) is 0. The van der Waals surface area contributed by atoms with Gasteiger partial charge in [0.05, 0.1) is 10.6 Å². The van der Waals surface area contributed by atoms with Gasteiger partial charge in [0, 0.05) is 10.0 Å². The molecule has 0 aliphatic carbocycles. The van der Waals surface area contributed by atoms with Gasteiger partial charge in [-0.1, -0.05) is 52.7 Å². The highest BCUT2D eigenvalue weighted by molar-refractivity contribution is 9.10. The zero-order valence-corrected chi connectivity index (χ0v) is 13.6. The summed E-state index contributed by atoms with van der Waals surface area (Å²) in [5, 5.41) is 4.70. The number of aryl methyl sites for hydroxylation is 1. The van der Waals surface area contributed by atoms with Crippen LogP contribution < -0.4 is 5.73 Å². The van der Waals surface area contributed by atoms with Gasteiger partial charge in [-0.25, -0.2) is 0 Å². The average molecular weight is 364 g/mol. The molecule has 1 heterocycles. The minimum Gasteiger partial charge on any atom is -0.367 e. The van der Waals surface area contributed by atoms with Crippen LogP contribution in [-0.2, 0) is 0 Å². The van der Waals surface area contributed by atoms with Crippen molar-refractivity contribution in [1.82, 2.24) is 5.16 Å². The molecule has 106 valence electrons. The van der Waals surface area contributed by atoms with Crippen molar-refractivity contribution in [2.45, 2.75) is 6.92 Å². The van der Waals surface area contributed by atoms with Crippen molar-refractivity contribution < 1.29 is 4.52 Å². The lowest BCUT2D eigenvalue weighted by Gasteiger charge is -2.05. The van der Waals surface area contributed by atoms with Crippen LogP contribution in [0.5, 0.6) is 0 Å². The molecule has 0 fully saturated rings. The van der Waals surface area contributed by atoms with Gasteiger partial charge in [-0.2, -0.15) is 0 Å². The second kappa shape index (κ2) is 5.54. The standard InChI is InChI=1S/C16H12BrClN2O/c1-9-3-2-4-10(7-9)14-15(20-21-16(14)19)11-5-6-12(17)13(18)8-11/h2-8H,19H2,1H3. The van der Waals surface area contributed by atoms with E-state index in [1.807, 2.05) is 49.4 Å². The molecule has 2 aromatic carbocycles. The second-order valence-corrected chi connectivity index (χ2v) is 6.03. The topological polar surface area (TPSA) is 52.0 Å². The maximum absolute atomic E-state index is 6.16. The smallest absolute Gasteiger partial charge is 0.230 e. The molecule has 0 amide bonds. The van der Waals surface area contributed by atoms with Gasteiger partial charge in [-0.15, -0.1) is 0 Å². The molecule has 0 aliphatic heterocycles. The fraction of sp³-hybridized carbons (Fsp3) is 0.0625. The van der Waals surface area contributed by atoms with Crippen LogP contribution in [0, 0.1) is 6.92 Å². The van der Waals surface area contributed by atoms with E-state index in [1.165, 1.54) is 0 Å². The first-order valence-corrected chi connectivity index (χ1v) is 7.51. The van der Waals surface area contributed by atoms with Crippen molar-refractivity contribution in [3.05, 3.63) is 57.5 Å². The van der Waals surface area contributed by atoms with E-state index in [2.05, 4.69) is 21.1 Å². The Hall–Kier alpha value is -1.78. The summed E-state index contributed by atoms with van der Waals surface area (Å²) in [5.74, 6) is 0.301. The van der Waals surface area contributed by atoms with Gasteiger partial charge in [0.15, 0.2) is 0 Å². The predicted molar refractivity (Wildman–Crippen MR) is 89.2 cm³/mol. The van der Waals surface area contributed by atoms with Gasteiger partial charge in [-0.05, 0) is 40.5 Å². The molecule has 5 heteroatoms. The maximum atomic E-state index is 6.16.